The molecule has 0 fully saturated rings. The highest BCUT2D eigenvalue weighted by atomic mass is 32.2. The van der Waals surface area contributed by atoms with Crippen molar-refractivity contribution in [2.75, 3.05) is 0 Å². The molecule has 2 rings (SSSR count). The smallest absolute Gasteiger partial charge is 0.212 e. The highest BCUT2D eigenvalue weighted by Crippen LogP contribution is 2.46. The molecule has 1 N–H and O–H groups in total. The van der Waals surface area contributed by atoms with Crippen molar-refractivity contribution >= 4 is 10.0 Å². The Labute approximate surface area is 141 Å². The largest absolute Gasteiger partial charge is 0.218 e. The minimum absolute atomic E-state index is 0.0875. The average Bonchev–Trinajstić information content (AvgIpc) is 2.41. The first-order valence-corrected chi connectivity index (χ1v) is 10.1. The zero-order chi connectivity index (χ0) is 17.6. The summed E-state index contributed by atoms with van der Waals surface area (Å²) < 4.78 is 27.7. The van der Waals surface area contributed by atoms with Gasteiger partial charge in [-0.05, 0) is 61.1 Å². The highest BCUT2D eigenvalue weighted by molar-refractivity contribution is 7.89. The molecule has 0 unspecified atom stereocenters. The second-order valence-corrected chi connectivity index (χ2v) is 10.6. The summed E-state index contributed by atoms with van der Waals surface area (Å²) in [5, 5.41) is -0.545. The molecular formula is C19H31NO2S. The van der Waals surface area contributed by atoms with Crippen LogP contribution in [0.15, 0.2) is 18.2 Å². The van der Waals surface area contributed by atoms with E-state index in [2.05, 4.69) is 44.5 Å². The number of sulfonamides is 1. The quantitative estimate of drug-likeness (QED) is 0.884. The Balaban J connectivity index is 2.49. The molecule has 1 aromatic rings. The third-order valence-electron chi connectivity index (χ3n) is 5.21. The summed E-state index contributed by atoms with van der Waals surface area (Å²) in [6.45, 7) is 14.5. The van der Waals surface area contributed by atoms with E-state index in [9.17, 15) is 8.42 Å². The third-order valence-corrected chi connectivity index (χ3v) is 7.21. The van der Waals surface area contributed by atoms with Crippen molar-refractivity contribution in [3.05, 3.63) is 34.9 Å². The molecule has 0 aliphatic heterocycles. The molecule has 130 valence electrons. The van der Waals surface area contributed by atoms with Gasteiger partial charge in [0.05, 0.1) is 5.25 Å². The van der Waals surface area contributed by atoms with Crippen LogP contribution in [0, 0.1) is 0 Å². The highest BCUT2D eigenvalue weighted by Gasteiger charge is 2.37. The van der Waals surface area contributed by atoms with Gasteiger partial charge in [0.1, 0.15) is 0 Å². The first-order valence-electron chi connectivity index (χ1n) is 8.53. The van der Waals surface area contributed by atoms with E-state index in [0.717, 1.165) is 18.4 Å². The summed E-state index contributed by atoms with van der Waals surface area (Å²) in [5.41, 5.74) is 3.79. The Bertz CT molecular complexity index is 687. The summed E-state index contributed by atoms with van der Waals surface area (Å²) in [6.07, 6.45) is 2.29. The molecule has 1 aliphatic carbocycles. The van der Waals surface area contributed by atoms with Crippen LogP contribution in [0.1, 0.15) is 83.2 Å². The molecule has 4 heteroatoms. The van der Waals surface area contributed by atoms with Crippen molar-refractivity contribution in [3.63, 3.8) is 0 Å². The number of hydrogen-bond acceptors (Lipinski definition) is 2. The molecule has 0 saturated carbocycles. The Morgan fingerprint density at radius 2 is 1.48 bits per heavy atom. The molecule has 0 heterocycles. The van der Waals surface area contributed by atoms with E-state index in [1.807, 2.05) is 19.9 Å². The van der Waals surface area contributed by atoms with Crippen LogP contribution in [0.3, 0.4) is 0 Å². The first kappa shape index (κ1) is 18.5. The van der Waals surface area contributed by atoms with E-state index < -0.39 is 15.3 Å². The Morgan fingerprint density at radius 3 is 2.00 bits per heavy atom. The predicted molar refractivity (Wildman–Crippen MR) is 97.3 cm³/mol. The topological polar surface area (TPSA) is 46.2 Å². The second-order valence-electron chi connectivity index (χ2n) is 8.53. The fourth-order valence-electron chi connectivity index (χ4n) is 3.47. The van der Waals surface area contributed by atoms with Gasteiger partial charge in [-0.1, -0.05) is 45.9 Å². The lowest BCUT2D eigenvalue weighted by atomic mass is 9.63. The molecule has 1 aromatic carbocycles. The predicted octanol–water partition coefficient (Wildman–Crippen LogP) is 4.42. The summed E-state index contributed by atoms with van der Waals surface area (Å²) in [4.78, 5) is 0. The third kappa shape index (κ3) is 3.63. The van der Waals surface area contributed by atoms with Gasteiger partial charge in [0.25, 0.3) is 0 Å². The van der Waals surface area contributed by atoms with Crippen molar-refractivity contribution in [2.45, 2.75) is 83.4 Å². The Kier molecular flexibility index (Phi) is 4.73. The molecule has 0 spiro atoms. The molecule has 0 bridgehead atoms. The lowest BCUT2D eigenvalue weighted by Gasteiger charge is -2.42. The van der Waals surface area contributed by atoms with Gasteiger partial charge in [0, 0.05) is 6.04 Å². The molecule has 0 radical (unpaired) electrons. The zero-order valence-corrected chi connectivity index (χ0v) is 16.3. The Hall–Kier alpha value is -0.870. The van der Waals surface area contributed by atoms with Crippen molar-refractivity contribution < 1.29 is 8.42 Å². The fourth-order valence-corrected chi connectivity index (χ4v) is 4.84. The zero-order valence-electron chi connectivity index (χ0n) is 15.5. The van der Waals surface area contributed by atoms with E-state index in [1.54, 1.807) is 6.92 Å². The van der Waals surface area contributed by atoms with Gasteiger partial charge in [-0.2, -0.15) is 0 Å². The maximum Gasteiger partial charge on any atom is 0.218 e. The molecule has 3 nitrogen and oxygen atoms in total. The number of rotatable bonds is 4. The molecule has 23 heavy (non-hydrogen) atoms. The van der Waals surface area contributed by atoms with Crippen molar-refractivity contribution in [2.24, 2.45) is 0 Å². The summed E-state index contributed by atoms with van der Waals surface area (Å²) >= 11 is 0. The van der Waals surface area contributed by atoms with Gasteiger partial charge in [-0.3, -0.25) is 0 Å². The summed E-state index contributed by atoms with van der Waals surface area (Å²) in [5.74, 6) is 0. The van der Waals surface area contributed by atoms with Crippen LogP contribution in [-0.2, 0) is 20.9 Å². The molecule has 0 amide bonds. The fraction of sp³-hybridized carbons (Fsp3) is 0.684. The lowest BCUT2D eigenvalue weighted by Crippen LogP contribution is -2.35. The van der Waals surface area contributed by atoms with Crippen LogP contribution in [0.4, 0.5) is 0 Å². The van der Waals surface area contributed by atoms with Crippen LogP contribution < -0.4 is 4.72 Å². The molecule has 0 saturated heterocycles. The number of nitrogens with one attached hydrogen (secondary N) is 1. The van der Waals surface area contributed by atoms with E-state index >= 15 is 0 Å². The van der Waals surface area contributed by atoms with Gasteiger partial charge in [0.2, 0.25) is 10.0 Å². The first-order chi connectivity index (χ1) is 10.4. The monoisotopic (exact) mass is 337 g/mol. The molecule has 1 aliphatic rings. The van der Waals surface area contributed by atoms with Gasteiger partial charge in [0.15, 0.2) is 0 Å². The van der Waals surface area contributed by atoms with E-state index in [-0.39, 0.29) is 16.9 Å². The van der Waals surface area contributed by atoms with Crippen LogP contribution in [0.2, 0.25) is 0 Å². The van der Waals surface area contributed by atoms with Crippen molar-refractivity contribution in [3.8, 4) is 0 Å². The van der Waals surface area contributed by atoms with E-state index in [1.165, 1.54) is 11.1 Å². The van der Waals surface area contributed by atoms with Gasteiger partial charge < -0.3 is 0 Å². The lowest BCUT2D eigenvalue weighted by molar-refractivity contribution is 0.331. The normalized spacial score (nSPS) is 21.0. The standard InChI is InChI=1S/C19H31NO2S/c1-13(2)20-23(21,22)14(3)15-8-9-16-17(12-15)19(6,7)11-10-18(16,4)5/h8-9,12-14,20H,10-11H2,1-7H3/t14-/m1/s1. The van der Waals surface area contributed by atoms with Gasteiger partial charge in [-0.25, -0.2) is 13.1 Å². The SMILES string of the molecule is CC(C)NS(=O)(=O)[C@H](C)c1ccc2c(c1)C(C)(C)CCC2(C)C. The van der Waals surface area contributed by atoms with Crippen LogP contribution in [0.25, 0.3) is 0 Å². The van der Waals surface area contributed by atoms with Crippen molar-refractivity contribution in [1.82, 2.24) is 4.72 Å². The van der Waals surface area contributed by atoms with Crippen molar-refractivity contribution in [1.29, 1.82) is 0 Å². The molecule has 1 atom stereocenters. The Morgan fingerprint density at radius 1 is 0.957 bits per heavy atom. The summed E-state index contributed by atoms with van der Waals surface area (Å²) in [7, 11) is -3.36. The number of benzene rings is 1. The number of fused-ring (bicyclic) bond motifs is 1. The minimum Gasteiger partial charge on any atom is -0.212 e. The minimum atomic E-state index is -3.36. The van der Waals surface area contributed by atoms with Crippen LogP contribution in [-0.4, -0.2) is 14.5 Å². The molecular weight excluding hydrogens is 306 g/mol. The van der Waals surface area contributed by atoms with Crippen LogP contribution in [0.5, 0.6) is 0 Å². The maximum atomic E-state index is 12.5. The number of hydrogen-bond donors (Lipinski definition) is 1. The van der Waals surface area contributed by atoms with Gasteiger partial charge in [-0.15, -0.1) is 0 Å². The average molecular weight is 338 g/mol. The van der Waals surface area contributed by atoms with E-state index in [0.29, 0.717) is 0 Å². The summed E-state index contributed by atoms with van der Waals surface area (Å²) in [6, 6.07) is 6.18. The van der Waals surface area contributed by atoms with E-state index in [4.69, 9.17) is 0 Å². The van der Waals surface area contributed by atoms with Gasteiger partial charge >= 0.3 is 0 Å². The molecule has 0 aromatic heterocycles. The van der Waals surface area contributed by atoms with Crippen LogP contribution >= 0.6 is 0 Å². The second kappa shape index (κ2) is 5.89. The maximum absolute atomic E-state index is 12.5.